The Morgan fingerprint density at radius 1 is 1.14 bits per heavy atom. The fourth-order valence-electron chi connectivity index (χ4n) is 3.74. The lowest BCUT2D eigenvalue weighted by molar-refractivity contribution is 0.129. The Labute approximate surface area is 131 Å². The van der Waals surface area contributed by atoms with Crippen molar-refractivity contribution in [3.63, 3.8) is 0 Å². The summed E-state index contributed by atoms with van der Waals surface area (Å²) in [7, 11) is -3.56. The molecular formula is C15H21ClN2O2S. The molecule has 1 aliphatic carbocycles. The molecule has 4 nitrogen and oxygen atoms in total. The fraction of sp³-hybridized carbons (Fsp3) is 0.600. The Hall–Kier alpha value is -0.780. The Morgan fingerprint density at radius 2 is 1.86 bits per heavy atom. The molecule has 116 valence electrons. The van der Waals surface area contributed by atoms with E-state index in [9.17, 15) is 8.42 Å². The van der Waals surface area contributed by atoms with Gasteiger partial charge in [-0.25, -0.2) is 8.42 Å². The molecule has 2 aliphatic rings. The summed E-state index contributed by atoms with van der Waals surface area (Å²) in [5.74, 6) is 0.502. The number of nitrogen functional groups attached to an aromatic ring is 1. The van der Waals surface area contributed by atoms with Crippen molar-refractivity contribution in [2.24, 2.45) is 5.92 Å². The average Bonchev–Trinajstić information content (AvgIpc) is 2.49. The number of rotatable bonds is 2. The van der Waals surface area contributed by atoms with Gasteiger partial charge in [-0.15, -0.1) is 0 Å². The highest BCUT2D eigenvalue weighted by Gasteiger charge is 2.40. The van der Waals surface area contributed by atoms with Gasteiger partial charge in [0.15, 0.2) is 0 Å². The maximum Gasteiger partial charge on any atom is 0.245 e. The molecule has 0 bridgehead atoms. The fourth-order valence-corrected chi connectivity index (χ4v) is 5.87. The van der Waals surface area contributed by atoms with Crippen LogP contribution < -0.4 is 5.73 Å². The van der Waals surface area contributed by atoms with Crippen molar-refractivity contribution in [2.45, 2.75) is 49.5 Å². The summed E-state index contributed by atoms with van der Waals surface area (Å²) in [4.78, 5) is 0.154. The first kappa shape index (κ1) is 15.1. The van der Waals surface area contributed by atoms with Crippen LogP contribution in [0.15, 0.2) is 23.1 Å². The Morgan fingerprint density at radius 3 is 2.67 bits per heavy atom. The second-order valence-corrected chi connectivity index (χ2v) is 8.35. The molecular weight excluding hydrogens is 308 g/mol. The SMILES string of the molecule is Nc1ccc(Cl)cc1S(=O)(=O)N1CCC[C@H]2CCCC[C@H]21. The summed E-state index contributed by atoms with van der Waals surface area (Å²) in [6.45, 7) is 0.593. The van der Waals surface area contributed by atoms with E-state index in [-0.39, 0.29) is 16.6 Å². The van der Waals surface area contributed by atoms with Crippen LogP contribution in [0.4, 0.5) is 5.69 Å². The Kier molecular flexibility index (Phi) is 4.17. The van der Waals surface area contributed by atoms with Gasteiger partial charge in [-0.3, -0.25) is 0 Å². The first-order valence-electron chi connectivity index (χ1n) is 7.57. The molecule has 1 aromatic carbocycles. The van der Waals surface area contributed by atoms with Crippen LogP contribution in [0, 0.1) is 5.92 Å². The Bertz CT molecular complexity index is 631. The van der Waals surface area contributed by atoms with Gasteiger partial charge in [0.25, 0.3) is 0 Å². The lowest BCUT2D eigenvalue weighted by Crippen LogP contribution is -2.49. The van der Waals surface area contributed by atoms with Gasteiger partial charge in [-0.1, -0.05) is 24.4 Å². The molecule has 6 heteroatoms. The first-order valence-corrected chi connectivity index (χ1v) is 9.39. The highest BCUT2D eigenvalue weighted by molar-refractivity contribution is 7.89. The average molecular weight is 329 g/mol. The number of halogens is 1. The van der Waals surface area contributed by atoms with E-state index in [1.165, 1.54) is 12.5 Å². The highest BCUT2D eigenvalue weighted by atomic mass is 35.5. The molecule has 2 fully saturated rings. The molecule has 0 aromatic heterocycles. The van der Waals surface area contributed by atoms with E-state index in [0.29, 0.717) is 17.5 Å². The minimum atomic E-state index is -3.56. The van der Waals surface area contributed by atoms with Crippen molar-refractivity contribution >= 4 is 27.3 Å². The topological polar surface area (TPSA) is 63.4 Å². The molecule has 2 atom stereocenters. The predicted octanol–water partition coefficient (Wildman–Crippen LogP) is 3.27. The van der Waals surface area contributed by atoms with Gasteiger partial charge >= 0.3 is 0 Å². The molecule has 3 rings (SSSR count). The minimum absolute atomic E-state index is 0.135. The largest absolute Gasteiger partial charge is 0.398 e. The van der Waals surface area contributed by atoms with E-state index in [4.69, 9.17) is 17.3 Å². The van der Waals surface area contributed by atoms with E-state index in [2.05, 4.69) is 0 Å². The quantitative estimate of drug-likeness (QED) is 0.847. The van der Waals surface area contributed by atoms with Crippen molar-refractivity contribution < 1.29 is 8.42 Å². The molecule has 0 amide bonds. The van der Waals surface area contributed by atoms with Gasteiger partial charge in [-0.05, 0) is 49.8 Å². The first-order chi connectivity index (χ1) is 10.00. The van der Waals surface area contributed by atoms with E-state index < -0.39 is 10.0 Å². The number of nitrogens with zero attached hydrogens (tertiary/aromatic N) is 1. The van der Waals surface area contributed by atoms with E-state index in [0.717, 1.165) is 32.1 Å². The summed E-state index contributed by atoms with van der Waals surface area (Å²) in [5.41, 5.74) is 6.16. The van der Waals surface area contributed by atoms with Crippen LogP contribution in [0.5, 0.6) is 0 Å². The van der Waals surface area contributed by atoms with Crippen LogP contribution >= 0.6 is 11.6 Å². The third kappa shape index (κ3) is 2.79. The number of fused-ring (bicyclic) bond motifs is 1. The molecule has 1 heterocycles. The number of sulfonamides is 1. The monoisotopic (exact) mass is 328 g/mol. The highest BCUT2D eigenvalue weighted by Crippen LogP contribution is 2.39. The van der Waals surface area contributed by atoms with Crippen LogP contribution in [0.3, 0.4) is 0 Å². The van der Waals surface area contributed by atoms with Gasteiger partial charge in [0.2, 0.25) is 10.0 Å². The number of hydrogen-bond donors (Lipinski definition) is 1. The van der Waals surface area contributed by atoms with Crippen LogP contribution in [-0.2, 0) is 10.0 Å². The number of nitrogens with two attached hydrogens (primary N) is 1. The smallest absolute Gasteiger partial charge is 0.245 e. The third-order valence-electron chi connectivity index (χ3n) is 4.75. The maximum absolute atomic E-state index is 13.0. The summed E-state index contributed by atoms with van der Waals surface area (Å²) in [6.07, 6.45) is 6.50. The van der Waals surface area contributed by atoms with Crippen molar-refractivity contribution in [3.05, 3.63) is 23.2 Å². The second-order valence-electron chi connectivity index (χ2n) is 6.05. The van der Waals surface area contributed by atoms with Gasteiger partial charge < -0.3 is 5.73 Å². The van der Waals surface area contributed by atoms with E-state index in [1.807, 2.05) is 0 Å². The number of benzene rings is 1. The van der Waals surface area contributed by atoms with Crippen molar-refractivity contribution in [1.29, 1.82) is 0 Å². The molecule has 1 aliphatic heterocycles. The maximum atomic E-state index is 13.0. The van der Waals surface area contributed by atoms with E-state index >= 15 is 0 Å². The molecule has 2 N–H and O–H groups in total. The molecule has 0 spiro atoms. The molecule has 21 heavy (non-hydrogen) atoms. The minimum Gasteiger partial charge on any atom is -0.398 e. The summed E-state index contributed by atoms with van der Waals surface area (Å²) < 4.78 is 27.7. The lowest BCUT2D eigenvalue weighted by Gasteiger charge is -2.43. The number of anilines is 1. The normalized spacial score (nSPS) is 27.3. The van der Waals surface area contributed by atoms with Crippen molar-refractivity contribution in [2.75, 3.05) is 12.3 Å². The van der Waals surface area contributed by atoms with Gasteiger partial charge in [0, 0.05) is 17.6 Å². The van der Waals surface area contributed by atoms with Gasteiger partial charge in [0.1, 0.15) is 4.90 Å². The number of piperidine rings is 1. The van der Waals surface area contributed by atoms with Gasteiger partial charge in [-0.2, -0.15) is 4.31 Å². The third-order valence-corrected chi connectivity index (χ3v) is 6.97. The zero-order valence-electron chi connectivity index (χ0n) is 12.0. The summed E-state index contributed by atoms with van der Waals surface area (Å²) in [6, 6.07) is 4.79. The number of hydrogen-bond acceptors (Lipinski definition) is 3. The van der Waals surface area contributed by atoms with Crippen LogP contribution in [0.2, 0.25) is 5.02 Å². The zero-order valence-corrected chi connectivity index (χ0v) is 13.5. The summed E-state index contributed by atoms with van der Waals surface area (Å²) >= 11 is 5.96. The Balaban J connectivity index is 1.98. The molecule has 1 saturated heterocycles. The predicted molar refractivity (Wildman–Crippen MR) is 84.7 cm³/mol. The lowest BCUT2D eigenvalue weighted by atomic mass is 9.79. The van der Waals surface area contributed by atoms with Crippen molar-refractivity contribution in [1.82, 2.24) is 4.31 Å². The zero-order chi connectivity index (χ0) is 15.0. The molecule has 1 saturated carbocycles. The molecule has 1 aromatic rings. The van der Waals surface area contributed by atoms with Crippen LogP contribution in [0.25, 0.3) is 0 Å². The molecule has 0 unspecified atom stereocenters. The summed E-state index contributed by atoms with van der Waals surface area (Å²) in [5, 5.41) is 0.403. The van der Waals surface area contributed by atoms with Gasteiger partial charge in [0.05, 0.1) is 5.69 Å². The standard InChI is InChI=1S/C15H21ClN2O2S/c16-12-7-8-13(17)15(10-12)21(19,20)18-9-3-5-11-4-1-2-6-14(11)18/h7-8,10-11,14H,1-6,9,17H2/t11-,14-/m1/s1. The van der Waals surface area contributed by atoms with E-state index in [1.54, 1.807) is 16.4 Å². The second kappa shape index (κ2) is 5.78. The van der Waals surface area contributed by atoms with Crippen LogP contribution in [-0.4, -0.2) is 25.3 Å². The molecule has 0 radical (unpaired) electrons. The van der Waals surface area contributed by atoms with Crippen molar-refractivity contribution in [3.8, 4) is 0 Å². The van der Waals surface area contributed by atoms with Crippen LogP contribution in [0.1, 0.15) is 38.5 Å².